The van der Waals surface area contributed by atoms with Crippen molar-refractivity contribution in [1.82, 2.24) is 0 Å². The quantitative estimate of drug-likeness (QED) is 0.641. The van der Waals surface area contributed by atoms with E-state index >= 15 is 0 Å². The van der Waals surface area contributed by atoms with E-state index in [0.29, 0.717) is 0 Å². The maximum absolute atomic E-state index is 5.54. The van der Waals surface area contributed by atoms with E-state index in [1.54, 1.807) is 13.3 Å². The Morgan fingerprint density at radius 2 is 2.33 bits per heavy atom. The van der Waals surface area contributed by atoms with E-state index in [0.717, 1.165) is 17.3 Å². The number of aliphatic imine (C=N–C) groups is 1. The van der Waals surface area contributed by atoms with Gasteiger partial charge in [0.25, 0.3) is 0 Å². The molecule has 0 aromatic heterocycles. The van der Waals surface area contributed by atoms with Crippen LogP contribution in [-0.4, -0.2) is 13.4 Å². The molecule has 4 heteroatoms. The molecule has 0 saturated heterocycles. The highest BCUT2D eigenvalue weighted by Crippen LogP contribution is 2.26. The molecule has 2 N–H and O–H groups in total. The fourth-order valence-corrected chi connectivity index (χ4v) is 2.14. The smallest absolute Gasteiger partial charge is 0.0852 e. The van der Waals surface area contributed by atoms with Gasteiger partial charge in [0.2, 0.25) is 0 Å². The van der Waals surface area contributed by atoms with Gasteiger partial charge in [-0.25, -0.2) is 4.99 Å². The third-order valence-corrected chi connectivity index (χ3v) is 3.18. The van der Waals surface area contributed by atoms with E-state index in [9.17, 15) is 0 Å². The van der Waals surface area contributed by atoms with Gasteiger partial charge in [-0.3, -0.25) is 0 Å². The molecular weight excluding hydrogens is 292 g/mol. The number of hydrogen-bond acceptors (Lipinski definition) is 2. The van der Waals surface area contributed by atoms with E-state index in [4.69, 9.17) is 10.5 Å². The second-order valence-corrected chi connectivity index (χ2v) is 5.01. The van der Waals surface area contributed by atoms with Crippen LogP contribution in [0.2, 0.25) is 0 Å². The highest BCUT2D eigenvalue weighted by Gasteiger charge is 2.10. The summed E-state index contributed by atoms with van der Waals surface area (Å²) < 4.78 is 6.61. The van der Waals surface area contributed by atoms with Crippen LogP contribution in [0.5, 0.6) is 0 Å². The molecule has 0 aliphatic carbocycles. The summed E-state index contributed by atoms with van der Waals surface area (Å²) in [6.45, 7) is 2.04. The standard InChI is InChI=1S/C14H19BrN2O/c1-11(9-17-10-16)6-7-14(18-2)12-4-3-5-13(15)8-12/h3-5,8-10,14H,6-7H2,1-2H3,(H2,16,17)/b11-9+. The largest absolute Gasteiger partial charge is 0.390 e. The van der Waals surface area contributed by atoms with Crippen LogP contribution in [0.4, 0.5) is 0 Å². The van der Waals surface area contributed by atoms with Crippen LogP contribution in [-0.2, 0) is 4.74 Å². The number of rotatable bonds is 6. The van der Waals surface area contributed by atoms with E-state index in [1.807, 2.05) is 19.1 Å². The molecule has 1 aromatic carbocycles. The number of benzene rings is 1. The number of methoxy groups -OCH3 is 1. The number of nitrogens with zero attached hydrogens (tertiary/aromatic N) is 1. The van der Waals surface area contributed by atoms with Crippen LogP contribution < -0.4 is 5.73 Å². The molecule has 3 nitrogen and oxygen atoms in total. The van der Waals surface area contributed by atoms with Gasteiger partial charge in [0, 0.05) is 17.8 Å². The molecule has 0 radical (unpaired) electrons. The molecule has 0 aliphatic heterocycles. The lowest BCUT2D eigenvalue weighted by Crippen LogP contribution is -2.01. The Balaban J connectivity index is 2.63. The van der Waals surface area contributed by atoms with E-state index in [2.05, 4.69) is 33.1 Å². The van der Waals surface area contributed by atoms with E-state index in [-0.39, 0.29) is 6.10 Å². The molecule has 1 aromatic rings. The van der Waals surface area contributed by atoms with Crippen LogP contribution in [0.25, 0.3) is 0 Å². The van der Waals surface area contributed by atoms with Gasteiger partial charge < -0.3 is 10.5 Å². The van der Waals surface area contributed by atoms with Gasteiger partial charge in [-0.2, -0.15) is 0 Å². The lowest BCUT2D eigenvalue weighted by atomic mass is 10.0. The van der Waals surface area contributed by atoms with Crippen LogP contribution in [0.1, 0.15) is 31.4 Å². The SMILES string of the molecule is COC(CC/C(C)=C/N=CN)c1cccc(Br)c1. The predicted octanol–water partition coefficient (Wildman–Crippen LogP) is 3.81. The number of nitrogens with two attached hydrogens (primary N) is 1. The Morgan fingerprint density at radius 1 is 1.56 bits per heavy atom. The Hall–Kier alpha value is -1.13. The van der Waals surface area contributed by atoms with Crippen LogP contribution in [0, 0.1) is 0 Å². The minimum atomic E-state index is 0.104. The number of allylic oxidation sites excluding steroid dienone is 1. The number of ether oxygens (including phenoxy) is 1. The second-order valence-electron chi connectivity index (χ2n) is 4.09. The van der Waals surface area contributed by atoms with Crippen molar-refractivity contribution in [2.45, 2.75) is 25.9 Å². The Kier molecular flexibility index (Phi) is 6.68. The average molecular weight is 311 g/mol. The van der Waals surface area contributed by atoms with Crippen molar-refractivity contribution in [3.8, 4) is 0 Å². The van der Waals surface area contributed by atoms with Gasteiger partial charge in [0.1, 0.15) is 0 Å². The van der Waals surface area contributed by atoms with Crippen molar-refractivity contribution in [2.75, 3.05) is 7.11 Å². The van der Waals surface area contributed by atoms with Crippen LogP contribution in [0.15, 0.2) is 45.5 Å². The first-order valence-corrected chi connectivity index (χ1v) is 6.64. The second kappa shape index (κ2) is 8.06. The Bertz CT molecular complexity index is 430. The van der Waals surface area contributed by atoms with Crippen molar-refractivity contribution < 1.29 is 4.74 Å². The third kappa shape index (κ3) is 5.02. The van der Waals surface area contributed by atoms with Gasteiger partial charge >= 0.3 is 0 Å². The molecule has 1 atom stereocenters. The maximum atomic E-state index is 5.54. The summed E-state index contributed by atoms with van der Waals surface area (Å²) in [5.74, 6) is 0. The zero-order valence-electron chi connectivity index (χ0n) is 10.8. The minimum Gasteiger partial charge on any atom is -0.390 e. The lowest BCUT2D eigenvalue weighted by Gasteiger charge is -2.16. The van der Waals surface area contributed by atoms with Crippen LogP contribution in [0.3, 0.4) is 0 Å². The molecule has 1 rings (SSSR count). The predicted molar refractivity (Wildman–Crippen MR) is 79.6 cm³/mol. The van der Waals surface area contributed by atoms with Gasteiger partial charge in [0.05, 0.1) is 12.4 Å². The summed E-state index contributed by atoms with van der Waals surface area (Å²) in [4.78, 5) is 3.90. The lowest BCUT2D eigenvalue weighted by molar-refractivity contribution is 0.0959. The van der Waals surface area contributed by atoms with Crippen LogP contribution >= 0.6 is 15.9 Å². The number of hydrogen-bond donors (Lipinski definition) is 1. The molecule has 0 saturated carbocycles. The highest BCUT2D eigenvalue weighted by atomic mass is 79.9. The molecule has 1 unspecified atom stereocenters. The normalized spacial score (nSPS) is 14.1. The first-order chi connectivity index (χ1) is 8.67. The summed E-state index contributed by atoms with van der Waals surface area (Å²) in [5, 5.41) is 0. The van der Waals surface area contributed by atoms with Crippen molar-refractivity contribution in [1.29, 1.82) is 0 Å². The Morgan fingerprint density at radius 3 is 2.94 bits per heavy atom. The molecule has 98 valence electrons. The van der Waals surface area contributed by atoms with Gasteiger partial charge in [-0.1, -0.05) is 33.6 Å². The molecule has 18 heavy (non-hydrogen) atoms. The minimum absolute atomic E-state index is 0.104. The highest BCUT2D eigenvalue weighted by molar-refractivity contribution is 9.10. The van der Waals surface area contributed by atoms with Crippen molar-refractivity contribution in [3.05, 3.63) is 46.1 Å². The topological polar surface area (TPSA) is 47.6 Å². The molecular formula is C14H19BrN2O. The average Bonchev–Trinajstić information content (AvgIpc) is 2.37. The van der Waals surface area contributed by atoms with Gasteiger partial charge in [-0.05, 0) is 37.5 Å². The molecule has 0 heterocycles. The third-order valence-electron chi connectivity index (χ3n) is 2.69. The summed E-state index contributed by atoms with van der Waals surface area (Å²) in [5.41, 5.74) is 7.57. The van der Waals surface area contributed by atoms with Crippen molar-refractivity contribution >= 4 is 22.3 Å². The molecule has 0 spiro atoms. The van der Waals surface area contributed by atoms with E-state index < -0.39 is 0 Å². The molecule has 0 bridgehead atoms. The van der Waals surface area contributed by atoms with Gasteiger partial charge in [0.15, 0.2) is 0 Å². The monoisotopic (exact) mass is 310 g/mol. The molecule has 0 fully saturated rings. The molecule has 0 aliphatic rings. The van der Waals surface area contributed by atoms with Crippen molar-refractivity contribution in [3.63, 3.8) is 0 Å². The fourth-order valence-electron chi connectivity index (χ4n) is 1.72. The zero-order valence-corrected chi connectivity index (χ0v) is 12.4. The number of halogens is 1. The summed E-state index contributed by atoms with van der Waals surface area (Å²) >= 11 is 3.47. The fraction of sp³-hybridized carbons (Fsp3) is 0.357. The zero-order chi connectivity index (χ0) is 13.4. The summed E-state index contributed by atoms with van der Waals surface area (Å²) in [7, 11) is 1.74. The first-order valence-electron chi connectivity index (χ1n) is 5.84. The molecule has 0 amide bonds. The van der Waals surface area contributed by atoms with Gasteiger partial charge in [-0.15, -0.1) is 0 Å². The van der Waals surface area contributed by atoms with E-state index in [1.165, 1.54) is 17.5 Å². The summed E-state index contributed by atoms with van der Waals surface area (Å²) in [6, 6.07) is 8.20. The van der Waals surface area contributed by atoms with Crippen molar-refractivity contribution in [2.24, 2.45) is 10.7 Å². The maximum Gasteiger partial charge on any atom is 0.0852 e. The first kappa shape index (κ1) is 14.9. The Labute approximate surface area is 117 Å². The summed E-state index contributed by atoms with van der Waals surface area (Å²) in [6.07, 6.45) is 5.05.